The summed E-state index contributed by atoms with van der Waals surface area (Å²) in [5.74, 6) is 1.58. The van der Waals surface area contributed by atoms with Gasteiger partial charge in [-0.2, -0.15) is 0 Å². The summed E-state index contributed by atoms with van der Waals surface area (Å²) >= 11 is 0. The Morgan fingerprint density at radius 3 is 2.88 bits per heavy atom. The molecular formula is C25H29NO6. The highest BCUT2D eigenvalue weighted by molar-refractivity contribution is 5.90. The van der Waals surface area contributed by atoms with E-state index in [4.69, 9.17) is 14.2 Å². The van der Waals surface area contributed by atoms with E-state index >= 15 is 0 Å². The minimum Gasteiger partial charge on any atom is -0.493 e. The standard InChI is InChI=1S/C25H29NO6/c1-26-13-17(7-5-15-6-8-21-16(11-15)9-10-30-21)23-19(26)3-2-4-22(23)32-25-24(29)20(28)12-18(14-27)31-25/h2-4,6,8,11,13,18,20,24-25,27-29H,5,7,9-10,12,14H2,1H3/t18-,20-,24+,25-/m0/s1. The van der Waals surface area contributed by atoms with Crippen LogP contribution in [0.4, 0.5) is 0 Å². The van der Waals surface area contributed by atoms with Crippen molar-refractivity contribution in [3.8, 4) is 11.5 Å². The first-order valence-electron chi connectivity index (χ1n) is 11.1. The summed E-state index contributed by atoms with van der Waals surface area (Å²) in [4.78, 5) is 0. The lowest BCUT2D eigenvalue weighted by atomic mass is 10.0. The molecule has 3 aromatic rings. The molecule has 1 saturated heterocycles. The van der Waals surface area contributed by atoms with Gasteiger partial charge >= 0.3 is 0 Å². The second-order valence-corrected chi connectivity index (χ2v) is 8.68. The predicted octanol–water partition coefficient (Wildman–Crippen LogP) is 2.11. The van der Waals surface area contributed by atoms with Gasteiger partial charge in [-0.05, 0) is 47.7 Å². The van der Waals surface area contributed by atoms with E-state index in [0.29, 0.717) is 5.75 Å². The van der Waals surface area contributed by atoms with Crippen molar-refractivity contribution in [3.63, 3.8) is 0 Å². The van der Waals surface area contributed by atoms with E-state index in [1.165, 1.54) is 11.1 Å². The van der Waals surface area contributed by atoms with E-state index in [2.05, 4.69) is 29.0 Å². The van der Waals surface area contributed by atoms with Gasteiger partial charge in [0.2, 0.25) is 6.29 Å². The zero-order valence-corrected chi connectivity index (χ0v) is 18.1. The molecule has 0 bridgehead atoms. The van der Waals surface area contributed by atoms with Gasteiger partial charge in [-0.1, -0.05) is 18.2 Å². The molecule has 0 spiro atoms. The number of aromatic nitrogens is 1. The Labute approximate surface area is 186 Å². The zero-order chi connectivity index (χ0) is 22.2. The van der Waals surface area contributed by atoms with Crippen LogP contribution < -0.4 is 9.47 Å². The first-order valence-corrected chi connectivity index (χ1v) is 11.1. The third kappa shape index (κ3) is 3.97. The van der Waals surface area contributed by atoms with E-state index in [1.54, 1.807) is 0 Å². The van der Waals surface area contributed by atoms with Crippen LogP contribution >= 0.6 is 0 Å². The van der Waals surface area contributed by atoms with Crippen LogP contribution in [0.25, 0.3) is 10.9 Å². The third-order valence-corrected chi connectivity index (χ3v) is 6.44. The molecule has 0 unspecified atom stereocenters. The Balaban J connectivity index is 1.41. The van der Waals surface area contributed by atoms with E-state index in [0.717, 1.165) is 48.1 Å². The molecule has 4 atom stereocenters. The summed E-state index contributed by atoms with van der Waals surface area (Å²) in [6.07, 6.45) is 1.13. The van der Waals surface area contributed by atoms with Gasteiger partial charge in [-0.25, -0.2) is 0 Å². The molecule has 0 amide bonds. The van der Waals surface area contributed by atoms with E-state index in [9.17, 15) is 15.3 Å². The molecule has 0 aliphatic carbocycles. The topological polar surface area (TPSA) is 93.3 Å². The van der Waals surface area contributed by atoms with Gasteiger partial charge in [0.25, 0.3) is 0 Å². The minimum absolute atomic E-state index is 0.171. The van der Waals surface area contributed by atoms with Crippen molar-refractivity contribution in [2.75, 3.05) is 13.2 Å². The lowest BCUT2D eigenvalue weighted by molar-refractivity contribution is -0.240. The van der Waals surface area contributed by atoms with Crippen LogP contribution in [0.15, 0.2) is 42.6 Å². The van der Waals surface area contributed by atoms with Crippen molar-refractivity contribution >= 4 is 10.9 Å². The third-order valence-electron chi connectivity index (χ3n) is 6.44. The zero-order valence-electron chi connectivity index (χ0n) is 18.1. The number of aliphatic hydroxyl groups is 3. The van der Waals surface area contributed by atoms with E-state index in [-0.39, 0.29) is 13.0 Å². The van der Waals surface area contributed by atoms with Crippen LogP contribution in [-0.2, 0) is 31.0 Å². The molecule has 3 heterocycles. The van der Waals surface area contributed by atoms with Gasteiger partial charge < -0.3 is 34.1 Å². The molecule has 7 nitrogen and oxygen atoms in total. The molecule has 5 rings (SSSR count). The van der Waals surface area contributed by atoms with Gasteiger partial charge in [0.05, 0.1) is 30.9 Å². The Bertz CT molecular complexity index is 1110. The molecule has 170 valence electrons. The van der Waals surface area contributed by atoms with E-state index in [1.807, 2.05) is 25.2 Å². The summed E-state index contributed by atoms with van der Waals surface area (Å²) in [5.41, 5.74) is 4.69. The lowest BCUT2D eigenvalue weighted by Crippen LogP contribution is -2.51. The summed E-state index contributed by atoms with van der Waals surface area (Å²) in [6, 6.07) is 12.2. The van der Waals surface area contributed by atoms with Crippen LogP contribution in [0.5, 0.6) is 11.5 Å². The Hall–Kier alpha value is -2.58. The fraction of sp³-hybridized carbons (Fsp3) is 0.440. The highest BCUT2D eigenvalue weighted by Gasteiger charge is 2.38. The Kier molecular flexibility index (Phi) is 5.82. The largest absolute Gasteiger partial charge is 0.493 e. The fourth-order valence-corrected chi connectivity index (χ4v) is 4.72. The smallest absolute Gasteiger partial charge is 0.229 e. The first kappa shape index (κ1) is 21.3. The quantitative estimate of drug-likeness (QED) is 0.545. The number of rotatable bonds is 6. The van der Waals surface area contributed by atoms with Crippen molar-refractivity contribution in [2.24, 2.45) is 7.05 Å². The number of hydrogen-bond donors (Lipinski definition) is 3. The predicted molar refractivity (Wildman–Crippen MR) is 119 cm³/mol. The van der Waals surface area contributed by atoms with Crippen LogP contribution in [0.2, 0.25) is 0 Å². The molecule has 1 fully saturated rings. The highest BCUT2D eigenvalue weighted by atomic mass is 16.7. The van der Waals surface area contributed by atoms with Crippen LogP contribution in [0.3, 0.4) is 0 Å². The molecule has 7 heteroatoms. The summed E-state index contributed by atoms with van der Waals surface area (Å²) in [7, 11) is 2.00. The molecule has 2 aliphatic heterocycles. The highest BCUT2D eigenvalue weighted by Crippen LogP contribution is 2.34. The van der Waals surface area contributed by atoms with Gasteiger partial charge in [-0.3, -0.25) is 0 Å². The van der Waals surface area contributed by atoms with Crippen LogP contribution in [-0.4, -0.2) is 57.7 Å². The Morgan fingerprint density at radius 1 is 1.16 bits per heavy atom. The van der Waals surface area contributed by atoms with Crippen LogP contribution in [0.1, 0.15) is 23.1 Å². The number of fused-ring (bicyclic) bond motifs is 2. The number of aliphatic hydroxyl groups excluding tert-OH is 3. The van der Waals surface area contributed by atoms with Crippen molar-refractivity contribution < 1.29 is 29.5 Å². The minimum atomic E-state index is -1.19. The number of aryl methyl sites for hydroxylation is 3. The second-order valence-electron chi connectivity index (χ2n) is 8.68. The average molecular weight is 440 g/mol. The van der Waals surface area contributed by atoms with Crippen LogP contribution in [0, 0.1) is 0 Å². The lowest BCUT2D eigenvalue weighted by Gasteiger charge is -2.36. The summed E-state index contributed by atoms with van der Waals surface area (Å²) in [5, 5.41) is 31.0. The second kappa shape index (κ2) is 8.75. The molecule has 3 N–H and O–H groups in total. The maximum absolute atomic E-state index is 10.4. The maximum Gasteiger partial charge on any atom is 0.229 e. The van der Waals surface area contributed by atoms with Crippen molar-refractivity contribution in [3.05, 3.63) is 59.3 Å². The molecule has 2 aromatic carbocycles. The molecule has 2 aliphatic rings. The first-order chi connectivity index (χ1) is 15.5. The average Bonchev–Trinajstić information content (AvgIpc) is 3.39. The monoisotopic (exact) mass is 439 g/mol. The molecule has 1 aromatic heterocycles. The molecular weight excluding hydrogens is 410 g/mol. The number of hydrogen-bond acceptors (Lipinski definition) is 6. The van der Waals surface area contributed by atoms with Gasteiger partial charge in [-0.15, -0.1) is 0 Å². The summed E-state index contributed by atoms with van der Waals surface area (Å²) < 4.78 is 19.4. The summed E-state index contributed by atoms with van der Waals surface area (Å²) in [6.45, 7) is 0.514. The molecule has 32 heavy (non-hydrogen) atoms. The van der Waals surface area contributed by atoms with Crippen molar-refractivity contribution in [1.82, 2.24) is 4.57 Å². The fourth-order valence-electron chi connectivity index (χ4n) is 4.72. The van der Waals surface area contributed by atoms with E-state index < -0.39 is 24.6 Å². The van der Waals surface area contributed by atoms with Gasteiger partial charge in [0.1, 0.15) is 17.6 Å². The SMILES string of the molecule is Cn1cc(CCc2ccc3c(c2)CCO3)c2c(O[C@@H]3O[C@H](CO)C[C@H](O)[C@H]3O)cccc21. The molecule has 0 radical (unpaired) electrons. The number of nitrogens with zero attached hydrogens (tertiary/aromatic N) is 1. The van der Waals surface area contributed by atoms with Gasteiger partial charge in [0.15, 0.2) is 0 Å². The Morgan fingerprint density at radius 2 is 2.03 bits per heavy atom. The number of ether oxygens (including phenoxy) is 3. The molecule has 0 saturated carbocycles. The van der Waals surface area contributed by atoms with Crippen molar-refractivity contribution in [2.45, 2.75) is 50.3 Å². The maximum atomic E-state index is 10.4. The normalized spacial score (nSPS) is 25.0. The van der Waals surface area contributed by atoms with Gasteiger partial charge in [0, 0.05) is 31.5 Å². The number of benzene rings is 2. The van der Waals surface area contributed by atoms with Crippen molar-refractivity contribution in [1.29, 1.82) is 0 Å².